The number of unbranched alkanes of at least 4 members (excludes halogenated alkanes) is 5. The number of carbonyl (C=O) groups is 2. The molecule has 0 heterocycles. The molecule has 1 aromatic carbocycles. The van der Waals surface area contributed by atoms with Crippen molar-refractivity contribution in [3.8, 4) is 11.5 Å². The van der Waals surface area contributed by atoms with Gasteiger partial charge in [-0.1, -0.05) is 39.5 Å². The maximum Gasteiger partial charge on any atom is 0.311 e. The van der Waals surface area contributed by atoms with Gasteiger partial charge in [0.15, 0.2) is 0 Å². The normalized spacial score (nSPS) is 10.6. The van der Waals surface area contributed by atoms with Crippen LogP contribution in [0.2, 0.25) is 0 Å². The zero-order valence-electron chi connectivity index (χ0n) is 16.3. The highest BCUT2D eigenvalue weighted by atomic mass is 16.5. The molecule has 0 aliphatic heterocycles. The van der Waals surface area contributed by atoms with E-state index in [9.17, 15) is 9.59 Å². The minimum Gasteiger partial charge on any atom is -0.497 e. The Kier molecular flexibility index (Phi) is 11.2. The number of hydrogen-bond donors (Lipinski definition) is 0. The fourth-order valence-corrected chi connectivity index (χ4v) is 2.40. The molecule has 0 amide bonds. The summed E-state index contributed by atoms with van der Waals surface area (Å²) < 4.78 is 15.5. The monoisotopic (exact) mass is 364 g/mol. The van der Waals surface area contributed by atoms with Crippen molar-refractivity contribution in [2.24, 2.45) is 5.92 Å². The van der Waals surface area contributed by atoms with Crippen molar-refractivity contribution in [2.45, 2.75) is 65.2 Å². The average molecular weight is 364 g/mol. The number of carbonyl (C=O) groups excluding carboxylic acids is 2. The molecule has 0 atom stereocenters. The lowest BCUT2D eigenvalue weighted by molar-refractivity contribution is -0.144. The second-order valence-electron chi connectivity index (χ2n) is 6.85. The van der Waals surface area contributed by atoms with Gasteiger partial charge < -0.3 is 14.2 Å². The van der Waals surface area contributed by atoms with Crippen LogP contribution in [0.25, 0.3) is 0 Å². The molecule has 1 rings (SSSR count). The first-order chi connectivity index (χ1) is 12.5. The van der Waals surface area contributed by atoms with Crippen LogP contribution >= 0.6 is 0 Å². The number of esters is 2. The summed E-state index contributed by atoms with van der Waals surface area (Å²) in [7, 11) is 1.60. The zero-order chi connectivity index (χ0) is 19.2. The molecule has 0 N–H and O–H groups in total. The summed E-state index contributed by atoms with van der Waals surface area (Å²) in [6.45, 7) is 4.56. The third kappa shape index (κ3) is 10.7. The standard InChI is InChI=1S/C21H32O5/c1-17(2)16-25-20(22)10-8-6-4-5-7-9-11-21(23)26-19-14-12-18(24-3)13-15-19/h12-15,17H,4-11,16H2,1-3H3. The number of hydrogen-bond acceptors (Lipinski definition) is 5. The van der Waals surface area contributed by atoms with Gasteiger partial charge in [-0.3, -0.25) is 9.59 Å². The molecule has 1 aromatic rings. The molecule has 146 valence electrons. The number of methoxy groups -OCH3 is 1. The van der Waals surface area contributed by atoms with E-state index in [0.29, 0.717) is 31.1 Å². The smallest absolute Gasteiger partial charge is 0.311 e. The molecule has 0 spiro atoms. The van der Waals surface area contributed by atoms with Crippen LogP contribution in [-0.2, 0) is 14.3 Å². The van der Waals surface area contributed by atoms with Crippen LogP contribution in [0, 0.1) is 5.92 Å². The maximum atomic E-state index is 11.8. The molecule has 26 heavy (non-hydrogen) atoms. The third-order valence-corrected chi connectivity index (χ3v) is 3.88. The van der Waals surface area contributed by atoms with E-state index >= 15 is 0 Å². The summed E-state index contributed by atoms with van der Waals surface area (Å²) in [6, 6.07) is 6.98. The van der Waals surface area contributed by atoms with Crippen molar-refractivity contribution in [3.63, 3.8) is 0 Å². The van der Waals surface area contributed by atoms with Crippen LogP contribution in [0.15, 0.2) is 24.3 Å². The quantitative estimate of drug-likeness (QED) is 0.282. The molecule has 0 aliphatic rings. The molecule has 0 saturated carbocycles. The van der Waals surface area contributed by atoms with E-state index in [1.165, 1.54) is 0 Å². The minimum absolute atomic E-state index is 0.0972. The Labute approximate surface area is 157 Å². The van der Waals surface area contributed by atoms with Gasteiger partial charge in [0.2, 0.25) is 0 Å². The van der Waals surface area contributed by atoms with Crippen LogP contribution in [0.4, 0.5) is 0 Å². The Balaban J connectivity index is 1.98. The van der Waals surface area contributed by atoms with E-state index in [1.54, 1.807) is 31.4 Å². The second-order valence-corrected chi connectivity index (χ2v) is 6.85. The fourth-order valence-electron chi connectivity index (χ4n) is 2.40. The Morgan fingerprint density at radius 1 is 0.808 bits per heavy atom. The average Bonchev–Trinajstić information content (AvgIpc) is 2.62. The highest BCUT2D eigenvalue weighted by Crippen LogP contribution is 2.18. The highest BCUT2D eigenvalue weighted by Gasteiger charge is 2.06. The minimum atomic E-state index is -0.205. The van der Waals surface area contributed by atoms with E-state index in [0.717, 1.165) is 44.3 Å². The molecule has 0 saturated heterocycles. The first-order valence-electron chi connectivity index (χ1n) is 9.51. The van der Waals surface area contributed by atoms with E-state index in [4.69, 9.17) is 14.2 Å². The van der Waals surface area contributed by atoms with Crippen molar-refractivity contribution in [1.82, 2.24) is 0 Å². The number of ether oxygens (including phenoxy) is 3. The first-order valence-corrected chi connectivity index (χ1v) is 9.51. The van der Waals surface area contributed by atoms with Gasteiger partial charge in [0.25, 0.3) is 0 Å². The highest BCUT2D eigenvalue weighted by molar-refractivity contribution is 5.72. The summed E-state index contributed by atoms with van der Waals surface area (Å²) in [6.07, 6.45) is 6.78. The van der Waals surface area contributed by atoms with Crippen LogP contribution < -0.4 is 9.47 Å². The fraction of sp³-hybridized carbons (Fsp3) is 0.619. The van der Waals surface area contributed by atoms with Crippen LogP contribution in [-0.4, -0.2) is 25.7 Å². The summed E-state index contributed by atoms with van der Waals surface area (Å²) in [5.41, 5.74) is 0. The van der Waals surface area contributed by atoms with Gasteiger partial charge in [-0.25, -0.2) is 0 Å². The van der Waals surface area contributed by atoms with Gasteiger partial charge in [-0.15, -0.1) is 0 Å². The Hall–Kier alpha value is -2.04. The zero-order valence-corrected chi connectivity index (χ0v) is 16.3. The second kappa shape index (κ2) is 13.2. The van der Waals surface area contributed by atoms with Gasteiger partial charge in [0.05, 0.1) is 13.7 Å². The van der Waals surface area contributed by atoms with Gasteiger partial charge in [0.1, 0.15) is 11.5 Å². The number of rotatable bonds is 13. The first kappa shape index (κ1) is 22.0. The van der Waals surface area contributed by atoms with Crippen LogP contribution in [0.1, 0.15) is 65.2 Å². The molecule has 5 nitrogen and oxygen atoms in total. The van der Waals surface area contributed by atoms with Crippen molar-refractivity contribution in [3.05, 3.63) is 24.3 Å². The van der Waals surface area contributed by atoms with Crippen molar-refractivity contribution in [1.29, 1.82) is 0 Å². The lowest BCUT2D eigenvalue weighted by Crippen LogP contribution is -2.09. The largest absolute Gasteiger partial charge is 0.497 e. The Morgan fingerprint density at radius 3 is 1.85 bits per heavy atom. The van der Waals surface area contributed by atoms with Gasteiger partial charge in [-0.2, -0.15) is 0 Å². The molecule has 0 radical (unpaired) electrons. The maximum absolute atomic E-state index is 11.8. The van der Waals surface area contributed by atoms with Crippen LogP contribution in [0.5, 0.6) is 11.5 Å². The van der Waals surface area contributed by atoms with Crippen molar-refractivity contribution in [2.75, 3.05) is 13.7 Å². The van der Waals surface area contributed by atoms with Gasteiger partial charge in [0, 0.05) is 12.8 Å². The van der Waals surface area contributed by atoms with Gasteiger partial charge in [-0.05, 0) is 43.0 Å². The lowest BCUT2D eigenvalue weighted by Gasteiger charge is -2.07. The van der Waals surface area contributed by atoms with Crippen molar-refractivity contribution >= 4 is 11.9 Å². The SMILES string of the molecule is COc1ccc(OC(=O)CCCCCCCCC(=O)OCC(C)C)cc1. The van der Waals surface area contributed by atoms with E-state index in [1.807, 2.05) is 13.8 Å². The topological polar surface area (TPSA) is 61.8 Å². The molecule has 0 aliphatic carbocycles. The van der Waals surface area contributed by atoms with Crippen LogP contribution in [0.3, 0.4) is 0 Å². The number of benzene rings is 1. The molecular weight excluding hydrogens is 332 g/mol. The lowest BCUT2D eigenvalue weighted by atomic mass is 10.1. The molecule has 5 heteroatoms. The molecule has 0 aromatic heterocycles. The molecular formula is C21H32O5. The summed E-state index contributed by atoms with van der Waals surface area (Å²) in [5, 5.41) is 0. The van der Waals surface area contributed by atoms with Gasteiger partial charge >= 0.3 is 11.9 Å². The third-order valence-electron chi connectivity index (χ3n) is 3.88. The Bertz CT molecular complexity index is 522. The predicted octanol–water partition coefficient (Wildman–Crippen LogP) is 4.92. The molecule has 0 bridgehead atoms. The summed E-state index contributed by atoms with van der Waals surface area (Å²) >= 11 is 0. The molecule has 0 unspecified atom stereocenters. The Morgan fingerprint density at radius 2 is 1.31 bits per heavy atom. The summed E-state index contributed by atoms with van der Waals surface area (Å²) in [5.74, 6) is 1.36. The van der Waals surface area contributed by atoms with E-state index in [-0.39, 0.29) is 11.9 Å². The summed E-state index contributed by atoms with van der Waals surface area (Å²) in [4.78, 5) is 23.2. The van der Waals surface area contributed by atoms with E-state index < -0.39 is 0 Å². The van der Waals surface area contributed by atoms with Crippen molar-refractivity contribution < 1.29 is 23.8 Å². The predicted molar refractivity (Wildman–Crippen MR) is 101 cm³/mol. The molecule has 0 fully saturated rings. The van der Waals surface area contributed by atoms with E-state index in [2.05, 4.69) is 0 Å².